The van der Waals surface area contributed by atoms with Gasteiger partial charge in [0.05, 0.1) is 16.7 Å². The number of halogens is 5. The summed E-state index contributed by atoms with van der Waals surface area (Å²) >= 11 is 1.42. The molecule has 0 radical (unpaired) electrons. The zero-order valence-corrected chi connectivity index (χ0v) is 39.8. The maximum absolute atomic E-state index is 14.2. The van der Waals surface area contributed by atoms with Crippen molar-refractivity contribution in [2.24, 2.45) is 5.41 Å². The maximum atomic E-state index is 14.2. The van der Waals surface area contributed by atoms with Crippen molar-refractivity contribution in [2.45, 2.75) is 104 Å². The van der Waals surface area contributed by atoms with Gasteiger partial charge >= 0.3 is 5.51 Å². The summed E-state index contributed by atoms with van der Waals surface area (Å²) in [5, 5.41) is 12.9. The monoisotopic (exact) mass is 981 g/mol. The smallest absolute Gasteiger partial charge is 0.393 e. The second-order valence-corrected chi connectivity index (χ2v) is 22.8. The molecule has 0 aromatic heterocycles. The first-order chi connectivity index (χ1) is 31.1. The van der Waals surface area contributed by atoms with Gasteiger partial charge in [0.25, 0.3) is 25.8 Å². The molecule has 2 heterocycles. The number of sulfonamides is 1. The molecular weight excluding hydrogens is 922 g/mol. The molecule has 66 heavy (non-hydrogen) atoms. The molecule has 3 aromatic carbocycles. The Balaban J connectivity index is 1.12. The number of likely N-dealkylation sites (tertiary alicyclic amines) is 1. The number of piperazine rings is 1. The predicted octanol–water partition coefficient (Wildman–Crippen LogP) is 8.75. The highest BCUT2D eigenvalue weighted by Crippen LogP contribution is 2.42. The molecular formula is C47H60F5N5O6S3. The van der Waals surface area contributed by atoms with Crippen LogP contribution < -0.4 is 14.9 Å². The Bertz CT molecular complexity index is 2400. The zero-order valence-electron chi connectivity index (χ0n) is 37.3. The number of allylic oxidation sites excluding steroid dienone is 2. The Kier molecular flexibility index (Phi) is 17.1. The average molecular weight is 982 g/mol. The van der Waals surface area contributed by atoms with Crippen LogP contribution in [0.25, 0.3) is 0 Å². The van der Waals surface area contributed by atoms with Crippen LogP contribution in [0.5, 0.6) is 0 Å². The van der Waals surface area contributed by atoms with Crippen molar-refractivity contribution >= 4 is 48.9 Å². The van der Waals surface area contributed by atoms with Crippen LogP contribution in [0, 0.1) is 5.41 Å². The van der Waals surface area contributed by atoms with Crippen LogP contribution in [0.4, 0.5) is 33.3 Å². The lowest BCUT2D eigenvalue weighted by atomic mass is 9.72. The van der Waals surface area contributed by atoms with Crippen LogP contribution >= 0.6 is 11.8 Å². The number of amides is 1. The summed E-state index contributed by atoms with van der Waals surface area (Å²) in [5.41, 5.74) is -2.20. The minimum absolute atomic E-state index is 0.0455. The Morgan fingerprint density at radius 3 is 2.21 bits per heavy atom. The van der Waals surface area contributed by atoms with E-state index >= 15 is 0 Å². The van der Waals surface area contributed by atoms with E-state index in [4.69, 9.17) is 0 Å². The fourth-order valence-electron chi connectivity index (χ4n) is 8.67. The molecule has 0 unspecified atom stereocenters. The molecule has 3 aromatic rings. The molecule has 3 N–H and O–H groups in total. The first-order valence-electron chi connectivity index (χ1n) is 22.2. The third kappa shape index (κ3) is 13.8. The Labute approximate surface area is 389 Å². The van der Waals surface area contributed by atoms with Crippen molar-refractivity contribution in [1.82, 2.24) is 14.5 Å². The van der Waals surface area contributed by atoms with E-state index in [0.717, 1.165) is 72.8 Å². The highest BCUT2D eigenvalue weighted by Gasteiger charge is 2.48. The van der Waals surface area contributed by atoms with Crippen LogP contribution in [0.15, 0.2) is 111 Å². The molecule has 2 saturated heterocycles. The van der Waals surface area contributed by atoms with Gasteiger partial charge in [-0.3, -0.25) is 9.69 Å². The van der Waals surface area contributed by atoms with Gasteiger partial charge in [-0.2, -0.15) is 13.2 Å². The van der Waals surface area contributed by atoms with E-state index in [9.17, 15) is 48.7 Å². The van der Waals surface area contributed by atoms with E-state index < -0.39 is 65.3 Å². The predicted molar refractivity (Wildman–Crippen MR) is 249 cm³/mol. The number of aliphatic hydroxyl groups is 1. The number of carbonyl (C=O) groups is 1. The van der Waals surface area contributed by atoms with Crippen LogP contribution in [0.1, 0.15) is 75.6 Å². The molecule has 3 aliphatic rings. The molecule has 0 spiro atoms. The van der Waals surface area contributed by atoms with Gasteiger partial charge in [0.15, 0.2) is 0 Å². The summed E-state index contributed by atoms with van der Waals surface area (Å²) in [7, 11) is -11.0. The van der Waals surface area contributed by atoms with Gasteiger partial charge in [-0.25, -0.2) is 30.3 Å². The van der Waals surface area contributed by atoms with E-state index in [0.29, 0.717) is 63.8 Å². The summed E-state index contributed by atoms with van der Waals surface area (Å²) in [6.45, 7) is 13.8. The standard InChI is InChI=1S/C47H60F5N5O6S3/c1-33(9-16-44(48)49)41-17-21-46(2,3)30-35(41)31-56-25-27-57(28-26-56)37-12-10-34(11-13-37)45(59)54-66(62,63)40-14-15-42(43(29-40)65(60,61)47(50,51)52)53-36(32-64-39-7-5-4-6-8-39)18-22-55-23-19-38(58)20-24-55/h4-8,10-15,29,36,38,44,53,58H,1,9,16-28,30-32H2,2-3H3,(H,54,59)/t36-/m1/s1. The van der Waals surface area contributed by atoms with E-state index in [1.807, 2.05) is 35.1 Å². The van der Waals surface area contributed by atoms with Crippen LogP contribution in [0.3, 0.4) is 0 Å². The van der Waals surface area contributed by atoms with Gasteiger partial charge < -0.3 is 20.2 Å². The average Bonchev–Trinajstić information content (AvgIpc) is 3.27. The fourth-order valence-corrected chi connectivity index (χ4v) is 11.7. The third-order valence-electron chi connectivity index (χ3n) is 12.5. The number of alkyl halides is 5. The van der Waals surface area contributed by atoms with Crippen molar-refractivity contribution in [3.8, 4) is 0 Å². The summed E-state index contributed by atoms with van der Waals surface area (Å²) in [4.78, 5) is 18.6. The lowest BCUT2D eigenvalue weighted by molar-refractivity contribution is -0.0436. The number of rotatable bonds is 19. The molecule has 0 saturated carbocycles. The first-order valence-corrected chi connectivity index (χ1v) is 26.2. The Morgan fingerprint density at radius 1 is 0.909 bits per heavy atom. The first kappa shape index (κ1) is 51.4. The number of anilines is 2. The number of hydrogen-bond donors (Lipinski definition) is 3. The van der Waals surface area contributed by atoms with Gasteiger partial charge in [0.2, 0.25) is 6.43 Å². The number of nitrogens with one attached hydrogen (secondary N) is 2. The van der Waals surface area contributed by atoms with Gasteiger partial charge in [-0.15, -0.1) is 11.8 Å². The number of sulfone groups is 1. The zero-order chi connectivity index (χ0) is 47.9. The minimum atomic E-state index is -6.09. The number of aliphatic hydroxyl groups excluding tert-OH is 1. The molecule has 362 valence electrons. The molecule has 1 aliphatic carbocycles. The van der Waals surface area contributed by atoms with Crippen molar-refractivity contribution < 1.29 is 48.7 Å². The van der Waals surface area contributed by atoms with E-state index in [1.165, 1.54) is 29.5 Å². The summed E-state index contributed by atoms with van der Waals surface area (Å²) in [6, 6.07) is 17.3. The second-order valence-electron chi connectivity index (χ2n) is 18.1. The largest absolute Gasteiger partial charge is 0.501 e. The van der Waals surface area contributed by atoms with Crippen molar-refractivity contribution in [2.75, 3.05) is 68.3 Å². The van der Waals surface area contributed by atoms with Crippen LogP contribution in [-0.2, 0) is 19.9 Å². The van der Waals surface area contributed by atoms with E-state index in [1.54, 1.807) is 12.1 Å². The highest BCUT2D eigenvalue weighted by molar-refractivity contribution is 7.99. The van der Waals surface area contributed by atoms with Crippen molar-refractivity contribution in [1.29, 1.82) is 0 Å². The van der Waals surface area contributed by atoms with Gasteiger partial charge in [-0.05, 0) is 111 Å². The Morgan fingerprint density at radius 2 is 1.58 bits per heavy atom. The molecule has 2 fully saturated rings. The van der Waals surface area contributed by atoms with Crippen molar-refractivity contribution in [3.05, 3.63) is 102 Å². The quantitative estimate of drug-likeness (QED) is 0.0786. The van der Waals surface area contributed by atoms with E-state index in [-0.39, 0.29) is 23.8 Å². The number of carbonyl (C=O) groups excluding carboxylic acids is 1. The number of piperidine rings is 1. The summed E-state index contributed by atoms with van der Waals surface area (Å²) in [6.07, 6.45) is 1.50. The molecule has 1 amide bonds. The van der Waals surface area contributed by atoms with Gasteiger partial charge in [0, 0.05) is 86.7 Å². The summed E-state index contributed by atoms with van der Waals surface area (Å²) < 4.78 is 124. The Hall–Kier alpha value is -4.01. The number of benzene rings is 3. The lowest BCUT2D eigenvalue weighted by Crippen LogP contribution is -2.47. The van der Waals surface area contributed by atoms with Gasteiger partial charge in [-0.1, -0.05) is 49.8 Å². The lowest BCUT2D eigenvalue weighted by Gasteiger charge is -2.40. The normalized spacial score (nSPS) is 18.7. The van der Waals surface area contributed by atoms with Crippen LogP contribution in [0.2, 0.25) is 0 Å². The number of thioether (sulfide) groups is 1. The van der Waals surface area contributed by atoms with Gasteiger partial charge in [0.1, 0.15) is 4.90 Å². The fraction of sp³-hybridized carbons (Fsp3) is 0.511. The minimum Gasteiger partial charge on any atom is -0.393 e. The number of hydrogen-bond acceptors (Lipinski definition) is 11. The van der Waals surface area contributed by atoms with Crippen molar-refractivity contribution in [3.63, 3.8) is 0 Å². The molecule has 0 bridgehead atoms. The third-order valence-corrected chi connectivity index (χ3v) is 16.6. The second kappa shape index (κ2) is 22.0. The molecule has 1 atom stereocenters. The molecule has 19 heteroatoms. The topological polar surface area (TPSA) is 139 Å². The highest BCUT2D eigenvalue weighted by atomic mass is 32.2. The summed E-state index contributed by atoms with van der Waals surface area (Å²) in [5.74, 6) is -0.729. The molecule has 11 nitrogen and oxygen atoms in total. The molecule has 2 aliphatic heterocycles. The van der Waals surface area contributed by atoms with E-state index in [2.05, 4.69) is 40.4 Å². The number of nitrogens with zero attached hydrogens (tertiary/aromatic N) is 3. The SMILES string of the molecule is C=C(CCC(F)F)C1=C(CN2CCN(c3ccc(C(=O)NS(=O)(=O)c4ccc(N[C@H](CCN5CCC(O)CC5)CSc5ccccc5)c(S(=O)(=O)C(F)(F)F)c4)cc3)CC2)CC(C)(C)CC1. The molecule has 6 rings (SSSR count). The van der Waals surface area contributed by atoms with Crippen LogP contribution in [-0.4, -0.2) is 120 Å². The maximum Gasteiger partial charge on any atom is 0.501 e.